The molecule has 0 aromatic carbocycles. The molecule has 0 aromatic rings. The van der Waals surface area contributed by atoms with Crippen LogP contribution in [-0.4, -0.2) is 48.1 Å². The molecule has 7 heteroatoms. The van der Waals surface area contributed by atoms with Gasteiger partial charge in [0.2, 0.25) is 0 Å². The van der Waals surface area contributed by atoms with Crippen molar-refractivity contribution in [3.8, 4) is 0 Å². The van der Waals surface area contributed by atoms with Crippen LogP contribution in [0, 0.1) is 0 Å². The van der Waals surface area contributed by atoms with Crippen LogP contribution in [-0.2, 0) is 9.09 Å². The molecule has 0 aliphatic carbocycles. The molecular formula is C7H19ClNO4P. The summed E-state index contributed by atoms with van der Waals surface area (Å²) in [5.74, 6) is 0. The van der Waals surface area contributed by atoms with Crippen LogP contribution in [0.5, 0.6) is 0 Å². The first-order valence-electron chi connectivity index (χ1n) is 4.18. The zero-order valence-corrected chi connectivity index (χ0v) is 10.6. The van der Waals surface area contributed by atoms with Crippen molar-refractivity contribution in [3.05, 3.63) is 0 Å². The van der Waals surface area contributed by atoms with Gasteiger partial charge in [-0.15, -0.1) is 0 Å². The van der Waals surface area contributed by atoms with Gasteiger partial charge in [-0.2, -0.15) is 0 Å². The van der Waals surface area contributed by atoms with Crippen LogP contribution in [0.1, 0.15) is 13.3 Å². The Labute approximate surface area is 91.3 Å². The SMILES string of the molecule is CCC(C[N+](C)(C)C)OP(=O)(O)O.[Cl-]. The number of quaternary nitrogens is 1. The molecule has 0 aromatic heterocycles. The van der Waals surface area contributed by atoms with E-state index in [0.717, 1.165) is 0 Å². The lowest BCUT2D eigenvalue weighted by Crippen LogP contribution is -3.00. The van der Waals surface area contributed by atoms with E-state index in [1.165, 1.54) is 0 Å². The van der Waals surface area contributed by atoms with Crippen molar-refractivity contribution in [2.45, 2.75) is 19.4 Å². The maximum atomic E-state index is 10.6. The third-order valence-corrected chi connectivity index (χ3v) is 2.07. The Morgan fingerprint density at radius 3 is 2.00 bits per heavy atom. The van der Waals surface area contributed by atoms with Crippen LogP contribution in [0.4, 0.5) is 0 Å². The van der Waals surface area contributed by atoms with Crippen LogP contribution >= 0.6 is 7.82 Å². The predicted molar refractivity (Wildman–Crippen MR) is 50.1 cm³/mol. The molecule has 88 valence electrons. The summed E-state index contributed by atoms with van der Waals surface area (Å²) in [6, 6.07) is 0. The highest BCUT2D eigenvalue weighted by Crippen LogP contribution is 2.38. The van der Waals surface area contributed by atoms with E-state index in [0.29, 0.717) is 17.4 Å². The van der Waals surface area contributed by atoms with Crippen LogP contribution < -0.4 is 12.4 Å². The molecule has 0 heterocycles. The standard InChI is InChI=1S/C7H18NO4P.ClH/c1-5-7(6-8(2,3)4)12-13(9,10)11;/h7H,5-6H2,1-4H3,(H-,9,10,11);1H. The van der Waals surface area contributed by atoms with E-state index in [9.17, 15) is 4.57 Å². The zero-order valence-electron chi connectivity index (χ0n) is 8.97. The molecule has 5 nitrogen and oxygen atoms in total. The van der Waals surface area contributed by atoms with Crippen molar-refractivity contribution in [3.63, 3.8) is 0 Å². The summed E-state index contributed by atoms with van der Waals surface area (Å²) < 4.78 is 15.8. The topological polar surface area (TPSA) is 66.8 Å². The van der Waals surface area contributed by atoms with Crippen LogP contribution in [0.3, 0.4) is 0 Å². The first-order chi connectivity index (χ1) is 5.64. The largest absolute Gasteiger partial charge is 1.00 e. The third-order valence-electron chi connectivity index (χ3n) is 1.49. The molecule has 2 N–H and O–H groups in total. The Hall–Kier alpha value is 0.360. The Kier molecular flexibility index (Phi) is 7.26. The smallest absolute Gasteiger partial charge is 0.470 e. The summed E-state index contributed by atoms with van der Waals surface area (Å²) in [5.41, 5.74) is 0. The molecule has 0 rings (SSSR count). The van der Waals surface area contributed by atoms with Gasteiger partial charge in [0.05, 0.1) is 21.1 Å². The molecule has 1 unspecified atom stereocenters. The fourth-order valence-electron chi connectivity index (χ4n) is 1.04. The monoisotopic (exact) mass is 247 g/mol. The number of hydrogen-bond acceptors (Lipinski definition) is 2. The molecule has 14 heavy (non-hydrogen) atoms. The lowest BCUT2D eigenvalue weighted by molar-refractivity contribution is -0.873. The van der Waals surface area contributed by atoms with E-state index in [-0.39, 0.29) is 18.5 Å². The average Bonchev–Trinajstić information content (AvgIpc) is 1.79. The van der Waals surface area contributed by atoms with Crippen molar-refractivity contribution in [1.82, 2.24) is 0 Å². The van der Waals surface area contributed by atoms with E-state index in [1.54, 1.807) is 0 Å². The van der Waals surface area contributed by atoms with E-state index in [4.69, 9.17) is 9.79 Å². The average molecular weight is 248 g/mol. The Morgan fingerprint density at radius 1 is 1.36 bits per heavy atom. The van der Waals surface area contributed by atoms with Gasteiger partial charge in [-0.1, -0.05) is 6.92 Å². The Morgan fingerprint density at radius 2 is 1.79 bits per heavy atom. The fourth-order valence-corrected chi connectivity index (χ4v) is 1.65. The quantitative estimate of drug-likeness (QED) is 0.419. The summed E-state index contributed by atoms with van der Waals surface area (Å²) in [6.07, 6.45) is 0.210. The van der Waals surface area contributed by atoms with E-state index >= 15 is 0 Å². The number of phosphoric ester groups is 1. The predicted octanol–water partition coefficient (Wildman–Crippen LogP) is -2.42. The van der Waals surface area contributed by atoms with Crippen molar-refractivity contribution in [2.24, 2.45) is 0 Å². The highest BCUT2D eigenvalue weighted by atomic mass is 35.5. The summed E-state index contributed by atoms with van der Waals surface area (Å²) in [7, 11) is 1.52. The number of hydrogen-bond donors (Lipinski definition) is 2. The summed E-state index contributed by atoms with van der Waals surface area (Å²) in [5, 5.41) is 0. The van der Waals surface area contributed by atoms with Gasteiger partial charge >= 0.3 is 7.82 Å². The van der Waals surface area contributed by atoms with Crippen molar-refractivity contribution in [1.29, 1.82) is 0 Å². The molecule has 0 fully saturated rings. The lowest BCUT2D eigenvalue weighted by Gasteiger charge is -2.28. The Balaban J connectivity index is 0. The molecule has 0 aliphatic rings. The van der Waals surface area contributed by atoms with Crippen LogP contribution in [0.15, 0.2) is 0 Å². The maximum Gasteiger partial charge on any atom is 0.470 e. The van der Waals surface area contributed by atoms with Crippen molar-refractivity contribution < 1.29 is 35.8 Å². The minimum absolute atomic E-state index is 0. The Bertz CT molecular complexity index is 200. The molecule has 0 saturated carbocycles. The molecule has 0 amide bonds. The fraction of sp³-hybridized carbons (Fsp3) is 1.00. The first kappa shape index (κ1) is 16.8. The second kappa shape index (κ2) is 6.05. The van der Waals surface area contributed by atoms with Gasteiger partial charge in [0.1, 0.15) is 12.6 Å². The molecule has 0 spiro atoms. The number of halogens is 1. The van der Waals surface area contributed by atoms with Gasteiger partial charge in [-0.05, 0) is 6.42 Å². The normalized spacial score (nSPS) is 14.7. The van der Waals surface area contributed by atoms with E-state index in [1.807, 2.05) is 28.1 Å². The molecule has 0 aliphatic heterocycles. The molecule has 0 radical (unpaired) electrons. The van der Waals surface area contributed by atoms with E-state index < -0.39 is 7.82 Å². The lowest BCUT2D eigenvalue weighted by atomic mass is 10.2. The van der Waals surface area contributed by atoms with E-state index in [2.05, 4.69) is 4.52 Å². The van der Waals surface area contributed by atoms with Gasteiger partial charge in [0, 0.05) is 0 Å². The third kappa shape index (κ3) is 10.4. The van der Waals surface area contributed by atoms with Gasteiger partial charge < -0.3 is 26.7 Å². The number of nitrogens with zero attached hydrogens (tertiary/aromatic N) is 1. The number of likely N-dealkylation sites (N-methyl/N-ethyl adjacent to an activating group) is 1. The number of phosphoric acid groups is 1. The molecule has 0 bridgehead atoms. The van der Waals surface area contributed by atoms with Crippen molar-refractivity contribution >= 4 is 7.82 Å². The minimum Gasteiger partial charge on any atom is -1.00 e. The highest BCUT2D eigenvalue weighted by molar-refractivity contribution is 7.46. The van der Waals surface area contributed by atoms with Crippen LogP contribution in [0.2, 0.25) is 0 Å². The second-order valence-electron chi connectivity index (χ2n) is 4.10. The first-order valence-corrected chi connectivity index (χ1v) is 5.71. The van der Waals surface area contributed by atoms with Gasteiger partial charge in [-0.25, -0.2) is 4.57 Å². The zero-order chi connectivity index (χ0) is 10.7. The van der Waals surface area contributed by atoms with Crippen molar-refractivity contribution in [2.75, 3.05) is 27.7 Å². The summed E-state index contributed by atoms with van der Waals surface area (Å²) >= 11 is 0. The van der Waals surface area contributed by atoms with Gasteiger partial charge in [-0.3, -0.25) is 4.52 Å². The summed E-state index contributed by atoms with van der Waals surface area (Å²) in [4.78, 5) is 17.2. The number of rotatable bonds is 5. The minimum atomic E-state index is -4.33. The maximum absolute atomic E-state index is 10.6. The van der Waals surface area contributed by atoms with Gasteiger partial charge in [0.15, 0.2) is 0 Å². The molecular weight excluding hydrogens is 229 g/mol. The molecule has 1 atom stereocenters. The van der Waals surface area contributed by atoms with Gasteiger partial charge in [0.25, 0.3) is 0 Å². The molecule has 0 saturated heterocycles. The van der Waals surface area contributed by atoms with Crippen LogP contribution in [0.25, 0.3) is 0 Å². The highest BCUT2D eigenvalue weighted by Gasteiger charge is 2.25. The summed E-state index contributed by atoms with van der Waals surface area (Å²) in [6.45, 7) is 2.43. The second-order valence-corrected chi connectivity index (χ2v) is 5.29.